The van der Waals surface area contributed by atoms with Crippen LogP contribution in [0.15, 0.2) is 24.3 Å². The van der Waals surface area contributed by atoms with Gasteiger partial charge in [0.2, 0.25) is 0 Å². The van der Waals surface area contributed by atoms with Crippen molar-refractivity contribution in [3.63, 3.8) is 0 Å². The van der Waals surface area contributed by atoms with Crippen molar-refractivity contribution in [2.75, 3.05) is 48.4 Å². The first-order chi connectivity index (χ1) is 8.56. The summed E-state index contributed by atoms with van der Waals surface area (Å²) in [5.74, 6) is 0.878. The zero-order valence-electron chi connectivity index (χ0n) is 11.7. The van der Waals surface area contributed by atoms with Gasteiger partial charge in [0.15, 0.2) is 0 Å². The van der Waals surface area contributed by atoms with Gasteiger partial charge in [-0.05, 0) is 28.2 Å². The van der Waals surface area contributed by atoms with Gasteiger partial charge in [-0.2, -0.15) is 18.2 Å². The fourth-order valence-corrected chi connectivity index (χ4v) is 0.908. The van der Waals surface area contributed by atoms with Gasteiger partial charge in [0, 0.05) is 18.8 Å². The Morgan fingerprint density at radius 3 is 1.67 bits per heavy atom. The fourth-order valence-electron chi connectivity index (χ4n) is 0.908. The van der Waals surface area contributed by atoms with E-state index in [-0.39, 0.29) is 0 Å². The summed E-state index contributed by atoms with van der Waals surface area (Å²) in [5, 5.41) is 0. The van der Waals surface area contributed by atoms with Gasteiger partial charge in [0.05, 0.1) is 7.11 Å². The first-order valence-corrected chi connectivity index (χ1v) is 7.48. The molecule has 18 heavy (non-hydrogen) atoms. The zero-order chi connectivity index (χ0) is 14.4. The molecule has 0 atom stereocenters. The van der Waals surface area contributed by atoms with Crippen molar-refractivity contribution >= 4 is 9.53 Å². The Balaban J connectivity index is 0. The van der Waals surface area contributed by atoms with Crippen molar-refractivity contribution in [1.29, 1.82) is 0 Å². The second kappa shape index (κ2) is 15.0. The van der Waals surface area contributed by atoms with E-state index in [1.165, 1.54) is 0 Å². The number of nitrogens with zero attached hydrogens (tertiary/aromatic N) is 2. The van der Waals surface area contributed by atoms with Crippen LogP contribution in [0.2, 0.25) is 0 Å². The van der Waals surface area contributed by atoms with Gasteiger partial charge < -0.3 is 14.5 Å². The number of hydrogen-bond acceptors (Lipinski definition) is 3. The van der Waals surface area contributed by atoms with E-state index in [0.717, 1.165) is 18.8 Å². The van der Waals surface area contributed by atoms with Gasteiger partial charge in [0.1, 0.15) is 0 Å². The van der Waals surface area contributed by atoms with Crippen LogP contribution < -0.4 is 4.74 Å². The van der Waals surface area contributed by atoms with Gasteiger partial charge in [0.25, 0.3) is 0 Å². The molecule has 0 aliphatic heterocycles. The van der Waals surface area contributed by atoms with Crippen LogP contribution in [0.3, 0.4) is 0 Å². The Hall–Kier alpha value is -0.108. The summed E-state index contributed by atoms with van der Waals surface area (Å²) in [6.45, 7) is 2.29. The Morgan fingerprint density at radius 2 is 1.44 bits per heavy atom. The van der Waals surface area contributed by atoms with E-state index in [4.69, 9.17) is 4.74 Å². The minimum atomic E-state index is 0.878. The fraction of sp³-hybridized carbons (Fsp3) is 0.538. The molecule has 0 aliphatic carbocycles. The molecule has 1 aromatic rings. The molecule has 0 aromatic heterocycles. The number of hydrogen-bond donors (Lipinski definition) is 0. The van der Waals surface area contributed by atoms with Crippen LogP contribution in [0, 0.1) is 6.07 Å². The van der Waals surface area contributed by atoms with E-state index in [2.05, 4.69) is 71.8 Å². The SMILES string of the molecule is CN(C)CCN(C)C.COc1cc[c-]cc1.[Cl][Pd+]. The van der Waals surface area contributed by atoms with E-state index in [1.807, 2.05) is 24.3 Å². The van der Waals surface area contributed by atoms with Crippen LogP contribution in [0.25, 0.3) is 0 Å². The van der Waals surface area contributed by atoms with Crippen molar-refractivity contribution in [3.8, 4) is 5.75 Å². The average Bonchev–Trinajstić information content (AvgIpc) is 2.40. The topological polar surface area (TPSA) is 15.7 Å². The molecule has 0 amide bonds. The first-order valence-electron chi connectivity index (χ1n) is 5.47. The Kier molecular flexibility index (Phi) is 16.8. The van der Waals surface area contributed by atoms with Gasteiger partial charge in [-0.15, -0.1) is 12.1 Å². The molecule has 0 spiro atoms. The molecule has 0 heterocycles. The Labute approximate surface area is 126 Å². The number of rotatable bonds is 4. The van der Waals surface area contributed by atoms with Crippen molar-refractivity contribution in [3.05, 3.63) is 30.3 Å². The van der Waals surface area contributed by atoms with Gasteiger partial charge in [-0.25, -0.2) is 0 Å². The summed E-state index contributed by atoms with van der Waals surface area (Å²) in [6, 6.07) is 10.2. The summed E-state index contributed by atoms with van der Waals surface area (Å²) in [4.78, 5) is 4.36. The van der Waals surface area contributed by atoms with Crippen molar-refractivity contribution in [1.82, 2.24) is 9.80 Å². The monoisotopic (exact) mass is 364 g/mol. The number of ether oxygens (including phenoxy) is 1. The van der Waals surface area contributed by atoms with Gasteiger partial charge in [-0.3, -0.25) is 0 Å². The molecule has 0 bridgehead atoms. The molecule has 1 rings (SSSR count). The maximum absolute atomic E-state index is 4.89. The second-order valence-corrected chi connectivity index (χ2v) is 4.05. The van der Waals surface area contributed by atoms with Gasteiger partial charge in [-0.1, -0.05) is 0 Å². The molecular weight excluding hydrogens is 342 g/mol. The van der Waals surface area contributed by atoms with Crippen molar-refractivity contribution in [2.24, 2.45) is 0 Å². The van der Waals surface area contributed by atoms with Crippen molar-refractivity contribution < 1.29 is 22.9 Å². The van der Waals surface area contributed by atoms with E-state index < -0.39 is 0 Å². The number of benzene rings is 1. The van der Waals surface area contributed by atoms with Crippen LogP contribution in [-0.4, -0.2) is 58.2 Å². The molecule has 1 aromatic carbocycles. The average molecular weight is 365 g/mol. The summed E-state index contributed by atoms with van der Waals surface area (Å²) in [7, 11) is 14.5. The van der Waals surface area contributed by atoms with Gasteiger partial charge >= 0.3 is 27.7 Å². The Bertz CT molecular complexity index is 250. The third-order valence-corrected chi connectivity index (χ3v) is 1.92. The standard InChI is InChI=1S/C7H7O.C6H16N2.ClH.Pd/c1-8-7-5-3-2-4-6-7;1-7(2)5-6-8(3)4;;/h3-6H,1H3;5-6H2,1-4H3;1H;/q-1;;;+2/p-1. The molecule has 5 heteroatoms. The summed E-state index contributed by atoms with van der Waals surface area (Å²) in [5.41, 5.74) is 0. The third-order valence-electron chi connectivity index (χ3n) is 1.92. The summed E-state index contributed by atoms with van der Waals surface area (Å²) >= 11 is 2.22. The quantitative estimate of drug-likeness (QED) is 0.602. The molecule has 0 N–H and O–H groups in total. The molecular formula is C13H23ClN2OPd. The Morgan fingerprint density at radius 1 is 1.06 bits per heavy atom. The molecule has 3 nitrogen and oxygen atoms in total. The number of halogens is 1. The van der Waals surface area contributed by atoms with E-state index in [9.17, 15) is 0 Å². The van der Waals surface area contributed by atoms with Crippen LogP contribution in [-0.2, 0) is 18.2 Å². The number of likely N-dealkylation sites (N-methyl/N-ethyl adjacent to an activating group) is 2. The van der Waals surface area contributed by atoms with Crippen molar-refractivity contribution in [2.45, 2.75) is 0 Å². The predicted octanol–water partition coefficient (Wildman–Crippen LogP) is 2.29. The third kappa shape index (κ3) is 15.9. The van der Waals surface area contributed by atoms with Crippen LogP contribution in [0.4, 0.5) is 0 Å². The normalized spacial score (nSPS) is 9.22. The summed E-state index contributed by atoms with van der Waals surface area (Å²) < 4.78 is 4.89. The zero-order valence-corrected chi connectivity index (χ0v) is 14.0. The van der Waals surface area contributed by atoms with Crippen LogP contribution in [0.1, 0.15) is 0 Å². The molecule has 0 unspecified atom stereocenters. The molecule has 0 fully saturated rings. The molecule has 108 valence electrons. The minimum absolute atomic E-state index is 0.878. The first kappa shape index (κ1) is 20.2. The van der Waals surface area contributed by atoms with Crippen LogP contribution >= 0.6 is 9.53 Å². The number of methoxy groups -OCH3 is 1. The van der Waals surface area contributed by atoms with E-state index in [0.29, 0.717) is 0 Å². The van der Waals surface area contributed by atoms with E-state index >= 15 is 0 Å². The predicted molar refractivity (Wildman–Crippen MR) is 74.8 cm³/mol. The van der Waals surface area contributed by atoms with E-state index in [1.54, 1.807) is 7.11 Å². The molecule has 0 saturated heterocycles. The summed E-state index contributed by atoms with van der Waals surface area (Å²) in [6.07, 6.45) is 0. The van der Waals surface area contributed by atoms with Crippen LogP contribution in [0.5, 0.6) is 5.75 Å². The molecule has 0 saturated carbocycles. The second-order valence-electron chi connectivity index (χ2n) is 4.05. The molecule has 0 radical (unpaired) electrons. The molecule has 0 aliphatic rings. The maximum atomic E-state index is 4.89.